The molecule has 3 atom stereocenters. The number of aliphatic hydroxyl groups is 1. The third kappa shape index (κ3) is 1.91. The van der Waals surface area contributed by atoms with Crippen LogP contribution < -0.4 is 0 Å². The molecular formula is C17H16ClNO2S. The molecule has 4 rings (SSSR count). The SMILES string of the molecule is O=C1c2cccn2CC[C@@]12[C@H](O)CS[C@@H]2c1ccc(Cl)cc1. The standard InChI is InChI=1S/C17H16ClNO2S/c18-12-5-3-11(4-6-12)16-17(14(20)10-22-16)7-9-19-8-1-2-13(19)15(17)21/h1-6,8,14,16,20H,7,9-10H2/t14-,16-,17-/m1/s1. The largest absolute Gasteiger partial charge is 0.391 e. The van der Waals surface area contributed by atoms with Crippen molar-refractivity contribution in [3.63, 3.8) is 0 Å². The highest BCUT2D eigenvalue weighted by Gasteiger charge is 2.57. The summed E-state index contributed by atoms with van der Waals surface area (Å²) in [5.74, 6) is 0.668. The second-order valence-corrected chi connectivity index (χ2v) is 7.56. The Hall–Kier alpha value is -1.23. The predicted molar refractivity (Wildman–Crippen MR) is 88.5 cm³/mol. The summed E-state index contributed by atoms with van der Waals surface area (Å²) < 4.78 is 1.99. The average molecular weight is 334 g/mol. The summed E-state index contributed by atoms with van der Waals surface area (Å²) in [6, 6.07) is 11.4. The summed E-state index contributed by atoms with van der Waals surface area (Å²) in [6.07, 6.45) is 2.01. The third-order valence-corrected chi connectivity index (χ3v) is 6.69. The van der Waals surface area contributed by atoms with Crippen molar-refractivity contribution < 1.29 is 9.90 Å². The van der Waals surface area contributed by atoms with Gasteiger partial charge >= 0.3 is 0 Å². The molecule has 1 spiro atoms. The van der Waals surface area contributed by atoms with Gasteiger partial charge in [-0.3, -0.25) is 4.79 Å². The molecule has 0 unspecified atom stereocenters. The van der Waals surface area contributed by atoms with E-state index in [-0.39, 0.29) is 11.0 Å². The number of nitrogens with zero attached hydrogens (tertiary/aromatic N) is 1. The van der Waals surface area contributed by atoms with Gasteiger partial charge in [-0.05, 0) is 36.2 Å². The van der Waals surface area contributed by atoms with Gasteiger partial charge in [-0.15, -0.1) is 11.8 Å². The van der Waals surface area contributed by atoms with E-state index >= 15 is 0 Å². The number of benzene rings is 1. The van der Waals surface area contributed by atoms with Crippen LogP contribution in [0.1, 0.15) is 27.7 Å². The third-order valence-electron chi connectivity index (χ3n) is 4.91. The number of aliphatic hydroxyl groups excluding tert-OH is 1. The van der Waals surface area contributed by atoms with Crippen molar-refractivity contribution in [3.05, 3.63) is 58.9 Å². The van der Waals surface area contributed by atoms with Crippen molar-refractivity contribution >= 4 is 29.1 Å². The van der Waals surface area contributed by atoms with E-state index in [2.05, 4.69) is 0 Å². The average Bonchev–Trinajstić information content (AvgIpc) is 3.11. The van der Waals surface area contributed by atoms with Crippen LogP contribution >= 0.6 is 23.4 Å². The van der Waals surface area contributed by atoms with Crippen LogP contribution in [0.3, 0.4) is 0 Å². The summed E-state index contributed by atoms with van der Waals surface area (Å²) in [5.41, 5.74) is 1.07. The number of Topliss-reactive ketones (excluding diaryl/α,β-unsaturated/α-hetero) is 1. The summed E-state index contributed by atoms with van der Waals surface area (Å²) in [6.45, 7) is 0.774. The van der Waals surface area contributed by atoms with E-state index in [1.807, 2.05) is 47.2 Å². The monoisotopic (exact) mass is 333 g/mol. The van der Waals surface area contributed by atoms with Crippen LogP contribution in [0.15, 0.2) is 42.6 Å². The first-order valence-corrected chi connectivity index (χ1v) is 8.80. The number of ketones is 1. The fourth-order valence-electron chi connectivity index (χ4n) is 3.73. The fourth-order valence-corrected chi connectivity index (χ4v) is 5.56. The lowest BCUT2D eigenvalue weighted by molar-refractivity contribution is 0.0273. The van der Waals surface area contributed by atoms with Crippen LogP contribution in [0.5, 0.6) is 0 Å². The van der Waals surface area contributed by atoms with E-state index in [1.165, 1.54) is 0 Å². The van der Waals surface area contributed by atoms with E-state index in [0.717, 1.165) is 12.1 Å². The van der Waals surface area contributed by atoms with Gasteiger partial charge in [0.05, 0.1) is 17.2 Å². The van der Waals surface area contributed by atoms with Gasteiger partial charge in [0, 0.05) is 28.8 Å². The molecule has 1 saturated heterocycles. The smallest absolute Gasteiger partial charge is 0.189 e. The highest BCUT2D eigenvalue weighted by molar-refractivity contribution is 7.99. The minimum absolute atomic E-state index is 0.0177. The number of hydrogen-bond acceptors (Lipinski definition) is 3. The molecule has 2 aromatic rings. The molecule has 1 N–H and O–H groups in total. The van der Waals surface area contributed by atoms with Crippen molar-refractivity contribution in [2.24, 2.45) is 5.41 Å². The Bertz CT molecular complexity index is 727. The summed E-state index contributed by atoms with van der Waals surface area (Å²) >= 11 is 7.65. The van der Waals surface area contributed by atoms with Gasteiger partial charge in [-0.25, -0.2) is 0 Å². The molecule has 0 saturated carbocycles. The Labute approximate surface area is 138 Å². The van der Waals surface area contributed by atoms with Gasteiger partial charge in [0.25, 0.3) is 0 Å². The predicted octanol–water partition coefficient (Wildman–Crippen LogP) is 3.56. The molecular weight excluding hydrogens is 318 g/mol. The van der Waals surface area contributed by atoms with Gasteiger partial charge in [-0.2, -0.15) is 0 Å². The number of carbonyl (C=O) groups excluding carboxylic acids is 1. The molecule has 0 amide bonds. The highest BCUT2D eigenvalue weighted by Crippen LogP contribution is 2.58. The first kappa shape index (κ1) is 14.4. The van der Waals surface area contributed by atoms with Crippen LogP contribution in [-0.2, 0) is 6.54 Å². The molecule has 114 valence electrons. The number of aryl methyl sites for hydroxylation is 1. The highest BCUT2D eigenvalue weighted by atomic mass is 35.5. The van der Waals surface area contributed by atoms with Crippen LogP contribution in [0.25, 0.3) is 0 Å². The lowest BCUT2D eigenvalue weighted by Crippen LogP contribution is -2.47. The number of fused-ring (bicyclic) bond motifs is 1. The fraction of sp³-hybridized carbons (Fsp3) is 0.353. The van der Waals surface area contributed by atoms with Crippen LogP contribution in [-0.4, -0.2) is 27.3 Å². The number of thioether (sulfide) groups is 1. The summed E-state index contributed by atoms with van der Waals surface area (Å²) in [4.78, 5) is 13.1. The second kappa shape index (κ2) is 5.15. The zero-order chi connectivity index (χ0) is 15.3. The first-order valence-electron chi connectivity index (χ1n) is 7.38. The van der Waals surface area contributed by atoms with Crippen molar-refractivity contribution in [2.75, 3.05) is 5.75 Å². The maximum Gasteiger partial charge on any atom is 0.189 e. The molecule has 2 aliphatic heterocycles. The molecule has 1 aromatic heterocycles. The number of rotatable bonds is 1. The molecule has 3 heterocycles. The Balaban J connectivity index is 1.81. The summed E-state index contributed by atoms with van der Waals surface area (Å²) in [7, 11) is 0. The van der Waals surface area contributed by atoms with Gasteiger partial charge < -0.3 is 9.67 Å². The molecule has 1 fully saturated rings. The quantitative estimate of drug-likeness (QED) is 0.867. The Kier molecular flexibility index (Phi) is 3.36. The van der Waals surface area contributed by atoms with E-state index in [0.29, 0.717) is 22.9 Å². The second-order valence-electron chi connectivity index (χ2n) is 5.99. The Morgan fingerprint density at radius 3 is 2.82 bits per heavy atom. The van der Waals surface area contributed by atoms with Crippen molar-refractivity contribution in [3.8, 4) is 0 Å². The minimum Gasteiger partial charge on any atom is -0.391 e. The van der Waals surface area contributed by atoms with E-state index in [4.69, 9.17) is 11.6 Å². The topological polar surface area (TPSA) is 42.2 Å². The minimum atomic E-state index is -0.715. The zero-order valence-electron chi connectivity index (χ0n) is 11.9. The van der Waals surface area contributed by atoms with Gasteiger partial charge in [0.15, 0.2) is 5.78 Å². The molecule has 5 heteroatoms. The van der Waals surface area contributed by atoms with Crippen molar-refractivity contribution in [1.29, 1.82) is 0 Å². The van der Waals surface area contributed by atoms with Crippen LogP contribution in [0.4, 0.5) is 0 Å². The lowest BCUT2D eigenvalue weighted by atomic mass is 9.69. The van der Waals surface area contributed by atoms with Crippen LogP contribution in [0.2, 0.25) is 5.02 Å². The number of aromatic nitrogens is 1. The first-order chi connectivity index (χ1) is 10.6. The molecule has 1 aromatic carbocycles. The molecule has 0 aliphatic carbocycles. The van der Waals surface area contributed by atoms with E-state index < -0.39 is 11.5 Å². The van der Waals surface area contributed by atoms with Gasteiger partial charge in [-0.1, -0.05) is 23.7 Å². The van der Waals surface area contributed by atoms with E-state index in [9.17, 15) is 9.90 Å². The lowest BCUT2D eigenvalue weighted by Gasteiger charge is -2.39. The molecule has 2 aliphatic rings. The maximum atomic E-state index is 13.1. The zero-order valence-corrected chi connectivity index (χ0v) is 13.5. The van der Waals surface area contributed by atoms with Crippen LogP contribution in [0, 0.1) is 5.41 Å². The van der Waals surface area contributed by atoms with Crippen molar-refractivity contribution in [2.45, 2.75) is 24.3 Å². The molecule has 0 radical (unpaired) electrons. The van der Waals surface area contributed by atoms with Crippen molar-refractivity contribution in [1.82, 2.24) is 4.57 Å². The Morgan fingerprint density at radius 2 is 2.05 bits per heavy atom. The summed E-state index contributed by atoms with van der Waals surface area (Å²) in [5, 5.41) is 11.3. The number of halogens is 1. The maximum absolute atomic E-state index is 13.1. The van der Waals surface area contributed by atoms with Gasteiger partial charge in [0.1, 0.15) is 0 Å². The molecule has 3 nitrogen and oxygen atoms in total. The van der Waals surface area contributed by atoms with E-state index in [1.54, 1.807) is 11.8 Å². The van der Waals surface area contributed by atoms with Gasteiger partial charge in [0.2, 0.25) is 0 Å². The molecule has 22 heavy (non-hydrogen) atoms. The molecule has 0 bridgehead atoms. The number of hydrogen-bond donors (Lipinski definition) is 1. The Morgan fingerprint density at radius 1 is 1.27 bits per heavy atom. The normalized spacial score (nSPS) is 30.7. The number of carbonyl (C=O) groups is 1.